The van der Waals surface area contributed by atoms with Crippen LogP contribution in [0, 0.1) is 19.7 Å². The largest absolute Gasteiger partial charge is 0.455 e. The van der Waals surface area contributed by atoms with Gasteiger partial charge >= 0.3 is 5.97 Å². The minimum Gasteiger partial charge on any atom is -0.455 e. The molecule has 0 bridgehead atoms. The molecule has 1 amide bonds. The number of ether oxygens (including phenoxy) is 1. The molecule has 0 saturated heterocycles. The lowest BCUT2D eigenvalue weighted by Crippen LogP contribution is -2.22. The second kappa shape index (κ2) is 8.87. The van der Waals surface area contributed by atoms with Crippen LogP contribution in [0.3, 0.4) is 0 Å². The van der Waals surface area contributed by atoms with Crippen LogP contribution in [0.4, 0.5) is 10.1 Å². The summed E-state index contributed by atoms with van der Waals surface area (Å²) in [4.78, 5) is 24.5. The highest BCUT2D eigenvalue weighted by Crippen LogP contribution is 2.23. The standard InChI is InChI=1S/C18H17ClFNO3S/c1-11-3-4-12(2)16(7-11)25-10-18(23)24-9-17(22)21-15-8-13(19)5-6-14(15)20/h3-8H,9-10H2,1-2H3,(H,21,22). The molecule has 4 nitrogen and oxygen atoms in total. The number of hydrogen-bond acceptors (Lipinski definition) is 4. The van der Waals surface area contributed by atoms with Crippen molar-refractivity contribution in [2.75, 3.05) is 17.7 Å². The first kappa shape index (κ1) is 19.3. The SMILES string of the molecule is Cc1ccc(C)c(SCC(=O)OCC(=O)Nc2cc(Cl)ccc2F)c1. The Hall–Kier alpha value is -2.05. The van der Waals surface area contributed by atoms with Gasteiger partial charge in [-0.2, -0.15) is 0 Å². The molecule has 0 spiro atoms. The molecule has 0 aliphatic heterocycles. The summed E-state index contributed by atoms with van der Waals surface area (Å²) in [5, 5.41) is 2.60. The average molecular weight is 382 g/mol. The van der Waals surface area contributed by atoms with Gasteiger partial charge in [0.25, 0.3) is 5.91 Å². The Labute approximate surface area is 154 Å². The van der Waals surface area contributed by atoms with E-state index in [4.69, 9.17) is 16.3 Å². The van der Waals surface area contributed by atoms with Gasteiger partial charge in [0.1, 0.15) is 5.82 Å². The van der Waals surface area contributed by atoms with Crippen molar-refractivity contribution in [3.8, 4) is 0 Å². The smallest absolute Gasteiger partial charge is 0.316 e. The molecule has 0 saturated carbocycles. The quantitative estimate of drug-likeness (QED) is 0.596. The topological polar surface area (TPSA) is 55.4 Å². The van der Waals surface area contributed by atoms with Crippen LogP contribution in [0.25, 0.3) is 0 Å². The summed E-state index contributed by atoms with van der Waals surface area (Å²) in [7, 11) is 0. The Morgan fingerprint density at radius 3 is 2.72 bits per heavy atom. The minimum atomic E-state index is -0.633. The summed E-state index contributed by atoms with van der Waals surface area (Å²) in [6.07, 6.45) is 0. The lowest BCUT2D eigenvalue weighted by molar-refractivity contribution is -0.144. The molecule has 0 aliphatic rings. The van der Waals surface area contributed by atoms with Crippen LogP contribution in [-0.2, 0) is 14.3 Å². The predicted molar refractivity (Wildman–Crippen MR) is 97.6 cm³/mol. The van der Waals surface area contributed by atoms with Gasteiger partial charge in [0, 0.05) is 9.92 Å². The van der Waals surface area contributed by atoms with Crippen molar-refractivity contribution in [3.63, 3.8) is 0 Å². The molecule has 7 heteroatoms. The highest BCUT2D eigenvalue weighted by atomic mass is 35.5. The van der Waals surface area contributed by atoms with Crippen molar-refractivity contribution in [2.24, 2.45) is 0 Å². The van der Waals surface area contributed by atoms with Crippen LogP contribution in [0.1, 0.15) is 11.1 Å². The molecule has 25 heavy (non-hydrogen) atoms. The van der Waals surface area contributed by atoms with Crippen molar-refractivity contribution < 1.29 is 18.7 Å². The number of esters is 1. The number of hydrogen-bond donors (Lipinski definition) is 1. The van der Waals surface area contributed by atoms with Crippen molar-refractivity contribution in [1.82, 2.24) is 0 Å². The molecule has 0 aliphatic carbocycles. The van der Waals surface area contributed by atoms with Crippen LogP contribution < -0.4 is 5.32 Å². The van der Waals surface area contributed by atoms with Gasteiger partial charge in [0.2, 0.25) is 0 Å². The molecule has 0 heterocycles. The third-order valence-electron chi connectivity index (χ3n) is 3.26. The van der Waals surface area contributed by atoms with Gasteiger partial charge in [-0.05, 0) is 43.7 Å². The number of carbonyl (C=O) groups is 2. The predicted octanol–water partition coefficient (Wildman–Crippen LogP) is 4.37. The molecule has 0 unspecified atom stereocenters. The van der Waals surface area contributed by atoms with Gasteiger partial charge < -0.3 is 10.1 Å². The van der Waals surface area contributed by atoms with E-state index in [-0.39, 0.29) is 11.4 Å². The van der Waals surface area contributed by atoms with Crippen molar-refractivity contribution in [1.29, 1.82) is 0 Å². The number of rotatable bonds is 6. The molecular formula is C18H17ClFNO3S. The molecule has 0 fully saturated rings. The molecule has 2 aromatic rings. The zero-order valence-corrected chi connectivity index (χ0v) is 15.3. The first-order valence-corrected chi connectivity index (χ1v) is 8.82. The number of thioether (sulfide) groups is 1. The highest BCUT2D eigenvalue weighted by molar-refractivity contribution is 8.00. The second-order valence-corrected chi connectivity index (χ2v) is 6.84. The van der Waals surface area contributed by atoms with Crippen LogP contribution >= 0.6 is 23.4 Å². The summed E-state index contributed by atoms with van der Waals surface area (Å²) in [5.41, 5.74) is 2.11. The third kappa shape index (κ3) is 6.07. The summed E-state index contributed by atoms with van der Waals surface area (Å²) < 4.78 is 18.4. The van der Waals surface area contributed by atoms with Crippen molar-refractivity contribution >= 4 is 40.9 Å². The molecule has 1 N–H and O–H groups in total. The zero-order chi connectivity index (χ0) is 18.4. The summed E-state index contributed by atoms with van der Waals surface area (Å²) in [6, 6.07) is 9.77. The van der Waals surface area contributed by atoms with E-state index in [9.17, 15) is 14.0 Å². The molecule has 2 aromatic carbocycles. The fourth-order valence-electron chi connectivity index (χ4n) is 1.97. The summed E-state index contributed by atoms with van der Waals surface area (Å²) >= 11 is 7.09. The number of benzene rings is 2. The van der Waals surface area contributed by atoms with E-state index in [1.54, 1.807) is 0 Å². The maximum absolute atomic E-state index is 13.5. The normalized spacial score (nSPS) is 10.4. The monoisotopic (exact) mass is 381 g/mol. The molecule has 0 atom stereocenters. The first-order chi connectivity index (χ1) is 11.8. The van der Waals surface area contributed by atoms with Crippen LogP contribution in [0.5, 0.6) is 0 Å². The van der Waals surface area contributed by atoms with Crippen molar-refractivity contribution in [2.45, 2.75) is 18.7 Å². The zero-order valence-electron chi connectivity index (χ0n) is 13.8. The molecule has 132 valence electrons. The molecule has 0 radical (unpaired) electrons. The van der Waals surface area contributed by atoms with Gasteiger partial charge in [-0.15, -0.1) is 11.8 Å². The number of amides is 1. The number of anilines is 1. The minimum absolute atomic E-state index is 0.0571. The van der Waals surface area contributed by atoms with E-state index < -0.39 is 24.3 Å². The molecule has 0 aromatic heterocycles. The van der Waals surface area contributed by atoms with E-state index in [1.165, 1.54) is 23.9 Å². The van der Waals surface area contributed by atoms with E-state index in [0.29, 0.717) is 5.02 Å². The first-order valence-electron chi connectivity index (χ1n) is 7.45. The molecular weight excluding hydrogens is 365 g/mol. The Bertz CT molecular complexity index is 798. The Balaban J connectivity index is 1.80. The summed E-state index contributed by atoms with van der Waals surface area (Å²) in [6.45, 7) is 3.44. The highest BCUT2D eigenvalue weighted by Gasteiger charge is 2.11. The van der Waals surface area contributed by atoms with Crippen LogP contribution in [-0.4, -0.2) is 24.2 Å². The average Bonchev–Trinajstić information content (AvgIpc) is 2.57. The van der Waals surface area contributed by atoms with Gasteiger partial charge in [-0.25, -0.2) is 4.39 Å². The maximum Gasteiger partial charge on any atom is 0.316 e. The number of nitrogens with one attached hydrogen (secondary N) is 1. The van der Waals surface area contributed by atoms with Gasteiger partial charge in [0.05, 0.1) is 11.4 Å². The Morgan fingerprint density at radius 2 is 1.96 bits per heavy atom. The fraction of sp³-hybridized carbons (Fsp3) is 0.222. The Kier molecular flexibility index (Phi) is 6.84. The number of halogens is 2. The maximum atomic E-state index is 13.5. The van der Waals surface area contributed by atoms with E-state index in [2.05, 4.69) is 5.32 Å². The van der Waals surface area contributed by atoms with E-state index >= 15 is 0 Å². The number of aryl methyl sites for hydroxylation is 2. The fourth-order valence-corrected chi connectivity index (χ4v) is 3.06. The van der Waals surface area contributed by atoms with Crippen LogP contribution in [0.2, 0.25) is 5.02 Å². The lowest BCUT2D eigenvalue weighted by Gasteiger charge is -2.09. The van der Waals surface area contributed by atoms with Gasteiger partial charge in [0.15, 0.2) is 6.61 Å². The molecule has 2 rings (SSSR count). The second-order valence-electron chi connectivity index (χ2n) is 5.39. The summed E-state index contributed by atoms with van der Waals surface area (Å²) in [5.74, 6) is -1.68. The number of carbonyl (C=O) groups excluding carboxylic acids is 2. The van der Waals surface area contributed by atoms with E-state index in [0.717, 1.165) is 22.1 Å². The van der Waals surface area contributed by atoms with E-state index in [1.807, 2.05) is 32.0 Å². The lowest BCUT2D eigenvalue weighted by atomic mass is 10.2. The van der Waals surface area contributed by atoms with Gasteiger partial charge in [-0.1, -0.05) is 29.3 Å². The Morgan fingerprint density at radius 1 is 1.20 bits per heavy atom. The van der Waals surface area contributed by atoms with Crippen molar-refractivity contribution in [3.05, 3.63) is 58.4 Å². The van der Waals surface area contributed by atoms with Gasteiger partial charge in [-0.3, -0.25) is 9.59 Å². The van der Waals surface area contributed by atoms with Crippen LogP contribution in [0.15, 0.2) is 41.3 Å². The third-order valence-corrected chi connectivity index (χ3v) is 4.62.